The molecule has 0 aromatic carbocycles. The minimum atomic E-state index is 0.745. The fourth-order valence-corrected chi connectivity index (χ4v) is 2.03. The van der Waals surface area contributed by atoms with Gasteiger partial charge in [-0.15, -0.1) is 0 Å². The molecule has 0 aromatic heterocycles. The van der Waals surface area contributed by atoms with Crippen LogP contribution in [0, 0.1) is 17.8 Å². The summed E-state index contributed by atoms with van der Waals surface area (Å²) in [6, 6.07) is 0. The Hall–Kier alpha value is -0.260. The molecule has 0 aromatic rings. The van der Waals surface area contributed by atoms with Gasteiger partial charge in [-0.25, -0.2) is 0 Å². The van der Waals surface area contributed by atoms with Gasteiger partial charge in [-0.1, -0.05) is 45.8 Å². The summed E-state index contributed by atoms with van der Waals surface area (Å²) < 4.78 is 0. The first-order chi connectivity index (χ1) is 5.91. The van der Waals surface area contributed by atoms with Gasteiger partial charge in [0, 0.05) is 0 Å². The van der Waals surface area contributed by atoms with E-state index in [1.54, 1.807) is 5.57 Å². The predicted octanol–water partition coefficient (Wildman–Crippen LogP) is 4.66. The first kappa shape index (κ1) is 12.7. The van der Waals surface area contributed by atoms with Crippen molar-refractivity contribution in [2.45, 2.75) is 54.9 Å². The molecule has 2 atom stereocenters. The molecule has 0 aliphatic rings. The maximum Gasteiger partial charge on any atom is -0.0201 e. The number of allylic oxidation sites excluding steroid dienone is 2. The van der Waals surface area contributed by atoms with E-state index in [1.165, 1.54) is 12.0 Å². The van der Waals surface area contributed by atoms with Crippen LogP contribution in [0.15, 0.2) is 11.1 Å². The van der Waals surface area contributed by atoms with Crippen LogP contribution in [0.5, 0.6) is 0 Å². The molecule has 78 valence electrons. The highest BCUT2D eigenvalue weighted by Crippen LogP contribution is 2.29. The molecule has 0 spiro atoms. The SMILES string of the molecule is CCC(=C(C)C)C(C)C(C)C(C)C. The van der Waals surface area contributed by atoms with E-state index in [-0.39, 0.29) is 0 Å². The predicted molar refractivity (Wildman–Crippen MR) is 61.8 cm³/mol. The highest BCUT2D eigenvalue weighted by Gasteiger charge is 2.18. The van der Waals surface area contributed by atoms with Crippen molar-refractivity contribution in [3.63, 3.8) is 0 Å². The van der Waals surface area contributed by atoms with Crippen molar-refractivity contribution >= 4 is 0 Å². The normalized spacial score (nSPS) is 15.7. The van der Waals surface area contributed by atoms with Crippen LogP contribution in [0.1, 0.15) is 54.9 Å². The zero-order chi connectivity index (χ0) is 10.6. The van der Waals surface area contributed by atoms with Gasteiger partial charge >= 0.3 is 0 Å². The lowest BCUT2D eigenvalue weighted by Crippen LogP contribution is -2.16. The summed E-state index contributed by atoms with van der Waals surface area (Å²) >= 11 is 0. The van der Waals surface area contributed by atoms with Crippen molar-refractivity contribution in [3.8, 4) is 0 Å². The fraction of sp³-hybridized carbons (Fsp3) is 0.846. The molecule has 0 heteroatoms. The first-order valence-corrected chi connectivity index (χ1v) is 5.58. The third-order valence-corrected chi connectivity index (χ3v) is 3.41. The minimum Gasteiger partial charge on any atom is -0.0770 e. The molecule has 0 aliphatic carbocycles. The van der Waals surface area contributed by atoms with E-state index >= 15 is 0 Å². The van der Waals surface area contributed by atoms with Gasteiger partial charge < -0.3 is 0 Å². The molecule has 0 nitrogen and oxygen atoms in total. The Morgan fingerprint density at radius 1 is 1.00 bits per heavy atom. The standard InChI is InChI=1S/C13H26/c1-8-13(10(4)5)12(7)11(6)9(2)3/h9,11-12H,8H2,1-7H3. The van der Waals surface area contributed by atoms with Gasteiger partial charge in [-0.3, -0.25) is 0 Å². The molecule has 0 radical (unpaired) electrons. The van der Waals surface area contributed by atoms with Crippen molar-refractivity contribution in [2.24, 2.45) is 17.8 Å². The Bertz CT molecular complexity index is 170. The summed E-state index contributed by atoms with van der Waals surface area (Å²) in [5.41, 5.74) is 3.17. The fourth-order valence-electron chi connectivity index (χ4n) is 2.03. The topological polar surface area (TPSA) is 0 Å². The van der Waals surface area contributed by atoms with E-state index in [0.717, 1.165) is 17.8 Å². The van der Waals surface area contributed by atoms with E-state index in [9.17, 15) is 0 Å². The largest absolute Gasteiger partial charge is 0.0770 e. The van der Waals surface area contributed by atoms with Crippen LogP contribution in [0.25, 0.3) is 0 Å². The first-order valence-electron chi connectivity index (χ1n) is 5.58. The number of hydrogen-bond donors (Lipinski definition) is 0. The molecule has 13 heavy (non-hydrogen) atoms. The van der Waals surface area contributed by atoms with Crippen molar-refractivity contribution in [1.29, 1.82) is 0 Å². The lowest BCUT2D eigenvalue weighted by atomic mass is 9.79. The smallest absolute Gasteiger partial charge is 0.0201 e. The summed E-state index contributed by atoms with van der Waals surface area (Å²) in [5.74, 6) is 2.33. The van der Waals surface area contributed by atoms with E-state index < -0.39 is 0 Å². The van der Waals surface area contributed by atoms with Crippen LogP contribution in [-0.2, 0) is 0 Å². The van der Waals surface area contributed by atoms with Gasteiger partial charge in [0.2, 0.25) is 0 Å². The number of hydrogen-bond acceptors (Lipinski definition) is 0. The third-order valence-electron chi connectivity index (χ3n) is 3.41. The molecule has 0 N–H and O–H groups in total. The van der Waals surface area contributed by atoms with Crippen molar-refractivity contribution in [1.82, 2.24) is 0 Å². The molecule has 0 heterocycles. The van der Waals surface area contributed by atoms with Crippen LogP contribution in [0.3, 0.4) is 0 Å². The van der Waals surface area contributed by atoms with Gasteiger partial charge in [0.1, 0.15) is 0 Å². The Kier molecular flexibility index (Phi) is 5.36. The van der Waals surface area contributed by atoms with Crippen LogP contribution in [0.2, 0.25) is 0 Å². The van der Waals surface area contributed by atoms with Crippen LogP contribution >= 0.6 is 0 Å². The monoisotopic (exact) mass is 182 g/mol. The second-order valence-corrected chi connectivity index (χ2v) is 4.77. The lowest BCUT2D eigenvalue weighted by Gasteiger charge is -2.26. The number of rotatable bonds is 4. The summed E-state index contributed by atoms with van der Waals surface area (Å²) in [6.45, 7) is 16.1. The zero-order valence-electron chi connectivity index (χ0n) is 10.4. The van der Waals surface area contributed by atoms with Crippen molar-refractivity contribution in [2.75, 3.05) is 0 Å². The van der Waals surface area contributed by atoms with Gasteiger partial charge in [0.05, 0.1) is 0 Å². The van der Waals surface area contributed by atoms with E-state index in [0.29, 0.717) is 0 Å². The molecule has 0 rings (SSSR count). The average molecular weight is 182 g/mol. The second-order valence-electron chi connectivity index (χ2n) is 4.77. The molecule has 0 amide bonds. The summed E-state index contributed by atoms with van der Waals surface area (Å²) in [5, 5.41) is 0. The second kappa shape index (κ2) is 5.47. The lowest BCUT2D eigenvalue weighted by molar-refractivity contribution is 0.325. The molecule has 2 unspecified atom stereocenters. The summed E-state index contributed by atoms with van der Waals surface area (Å²) in [4.78, 5) is 0. The Labute approximate surface area is 84.4 Å². The summed E-state index contributed by atoms with van der Waals surface area (Å²) in [7, 11) is 0. The van der Waals surface area contributed by atoms with E-state index in [1.807, 2.05) is 0 Å². The Balaban J connectivity index is 4.57. The molecule has 0 aliphatic heterocycles. The molecule has 0 saturated carbocycles. The summed E-state index contributed by atoms with van der Waals surface area (Å²) in [6.07, 6.45) is 1.21. The molecule has 0 saturated heterocycles. The Morgan fingerprint density at radius 3 is 1.69 bits per heavy atom. The van der Waals surface area contributed by atoms with Crippen LogP contribution in [0.4, 0.5) is 0 Å². The van der Waals surface area contributed by atoms with Crippen LogP contribution in [-0.4, -0.2) is 0 Å². The van der Waals surface area contributed by atoms with E-state index in [2.05, 4.69) is 48.5 Å². The van der Waals surface area contributed by atoms with Crippen molar-refractivity contribution in [3.05, 3.63) is 11.1 Å². The van der Waals surface area contributed by atoms with Crippen molar-refractivity contribution < 1.29 is 0 Å². The maximum absolute atomic E-state index is 2.37. The van der Waals surface area contributed by atoms with E-state index in [4.69, 9.17) is 0 Å². The molecule has 0 fully saturated rings. The maximum atomic E-state index is 2.37. The molecular formula is C13H26. The van der Waals surface area contributed by atoms with Gasteiger partial charge in [-0.05, 0) is 38.0 Å². The molecular weight excluding hydrogens is 156 g/mol. The Morgan fingerprint density at radius 2 is 1.46 bits per heavy atom. The minimum absolute atomic E-state index is 0.745. The average Bonchev–Trinajstić information content (AvgIpc) is 2.03. The van der Waals surface area contributed by atoms with Gasteiger partial charge in [0.25, 0.3) is 0 Å². The quantitative estimate of drug-likeness (QED) is 0.555. The highest BCUT2D eigenvalue weighted by molar-refractivity contribution is 5.13. The molecule has 0 bridgehead atoms. The highest BCUT2D eigenvalue weighted by atomic mass is 14.2. The zero-order valence-corrected chi connectivity index (χ0v) is 10.4. The van der Waals surface area contributed by atoms with Gasteiger partial charge in [0.15, 0.2) is 0 Å². The van der Waals surface area contributed by atoms with Crippen LogP contribution < -0.4 is 0 Å². The van der Waals surface area contributed by atoms with Gasteiger partial charge in [-0.2, -0.15) is 0 Å². The third kappa shape index (κ3) is 3.54.